The maximum atomic E-state index is 11.3. The van der Waals surface area contributed by atoms with E-state index >= 15 is 0 Å². The van der Waals surface area contributed by atoms with E-state index in [1.54, 1.807) is 0 Å². The van der Waals surface area contributed by atoms with Crippen molar-refractivity contribution in [2.45, 2.75) is 64.7 Å². The molecule has 0 saturated heterocycles. The maximum Gasteiger partial charge on any atom is 0.219 e. The van der Waals surface area contributed by atoms with E-state index in [9.17, 15) is 9.90 Å². The Morgan fingerprint density at radius 3 is 2.31 bits per heavy atom. The Bertz CT molecular complexity index is 144. The average molecular weight is 228 g/mol. The molecule has 0 saturated carbocycles. The van der Waals surface area contributed by atoms with Gasteiger partial charge in [0, 0.05) is 13.0 Å². The van der Waals surface area contributed by atoms with Gasteiger partial charge in [-0.15, -0.1) is 0 Å². The van der Waals surface area contributed by atoms with E-state index in [1.165, 1.54) is 19.3 Å². The topological polar surface area (TPSA) is 49.0 Å². The van der Waals surface area contributed by atoms with Crippen LogP contribution in [-0.4, -0.2) is 19.1 Å². The zero-order chi connectivity index (χ0) is 12.1. The van der Waals surface area contributed by atoms with Crippen molar-refractivity contribution in [3.8, 4) is 0 Å². The number of hydrogen-bond donors (Lipinski definition) is 1. The molecular weight excluding hydrogens is 202 g/mol. The van der Waals surface area contributed by atoms with Crippen molar-refractivity contribution in [3.05, 3.63) is 0 Å². The molecule has 0 heterocycles. The fraction of sp³-hybridized carbons (Fsp3) is 0.923. The number of carbonyl (C=O) groups is 1. The van der Waals surface area contributed by atoms with Gasteiger partial charge in [0.15, 0.2) is 0 Å². The van der Waals surface area contributed by atoms with Crippen molar-refractivity contribution >= 4 is 5.91 Å². The summed E-state index contributed by atoms with van der Waals surface area (Å²) in [6.07, 6.45) is 9.04. The largest absolute Gasteiger partial charge is 0.356 e. The lowest BCUT2D eigenvalue weighted by molar-refractivity contribution is -0.121. The Kier molecular flexibility index (Phi) is 12.1. The van der Waals surface area contributed by atoms with E-state index in [0.29, 0.717) is 6.42 Å². The summed E-state index contributed by atoms with van der Waals surface area (Å²) >= 11 is 0. The quantitative estimate of drug-likeness (QED) is 0.543. The van der Waals surface area contributed by atoms with Gasteiger partial charge in [0.25, 0.3) is 0 Å². The van der Waals surface area contributed by atoms with E-state index in [2.05, 4.69) is 12.2 Å². The van der Waals surface area contributed by atoms with Gasteiger partial charge in [-0.1, -0.05) is 39.0 Å². The zero-order valence-electron chi connectivity index (χ0n) is 10.6. The molecule has 0 atom stereocenters. The summed E-state index contributed by atoms with van der Waals surface area (Å²) in [5, 5.41) is 13.1. The molecular formula is C13H26NO2. The van der Waals surface area contributed by atoms with Crippen molar-refractivity contribution in [3.63, 3.8) is 0 Å². The highest BCUT2D eigenvalue weighted by molar-refractivity contribution is 5.75. The van der Waals surface area contributed by atoms with Crippen molar-refractivity contribution in [1.82, 2.24) is 5.32 Å². The second-order valence-electron chi connectivity index (χ2n) is 4.28. The molecule has 95 valence electrons. The molecule has 0 fully saturated rings. The molecule has 0 aromatic heterocycles. The van der Waals surface area contributed by atoms with Crippen LogP contribution < -0.4 is 5.32 Å². The number of nitrogens with one attached hydrogen (secondary N) is 1. The molecule has 0 aromatic rings. The van der Waals surface area contributed by atoms with Gasteiger partial charge >= 0.3 is 0 Å². The minimum atomic E-state index is 0.0175. The van der Waals surface area contributed by atoms with Crippen LogP contribution in [0.5, 0.6) is 0 Å². The molecule has 0 aromatic carbocycles. The van der Waals surface area contributed by atoms with Crippen LogP contribution >= 0.6 is 0 Å². The van der Waals surface area contributed by atoms with E-state index in [1.807, 2.05) is 0 Å². The number of rotatable bonds is 11. The molecule has 0 aliphatic heterocycles. The molecule has 3 nitrogen and oxygen atoms in total. The highest BCUT2D eigenvalue weighted by atomic mass is 16.2. The summed E-state index contributed by atoms with van der Waals surface area (Å²) in [4.78, 5) is 11.3. The van der Waals surface area contributed by atoms with Gasteiger partial charge in [-0.2, -0.15) is 0 Å². The molecule has 0 aliphatic carbocycles. The minimum Gasteiger partial charge on any atom is -0.356 e. The number of hydrogen-bond acceptors (Lipinski definition) is 1. The first-order chi connectivity index (χ1) is 7.81. The Morgan fingerprint density at radius 2 is 1.62 bits per heavy atom. The van der Waals surface area contributed by atoms with Crippen LogP contribution in [0.2, 0.25) is 0 Å². The Balaban J connectivity index is 3.12. The first kappa shape index (κ1) is 15.4. The van der Waals surface area contributed by atoms with Crippen LogP contribution in [-0.2, 0) is 9.90 Å². The van der Waals surface area contributed by atoms with Crippen molar-refractivity contribution in [2.24, 2.45) is 0 Å². The van der Waals surface area contributed by atoms with Crippen molar-refractivity contribution in [2.75, 3.05) is 13.2 Å². The van der Waals surface area contributed by atoms with Crippen LogP contribution in [0, 0.1) is 0 Å². The van der Waals surface area contributed by atoms with E-state index in [0.717, 1.165) is 38.6 Å². The van der Waals surface area contributed by atoms with Crippen LogP contribution in [0.1, 0.15) is 64.7 Å². The standard InChI is InChI=1S/C13H26NO2/c1-2-3-4-8-11-14-13(16)10-7-5-6-9-12-15/h2-12H2,1H3,(H,14,16). The molecule has 16 heavy (non-hydrogen) atoms. The van der Waals surface area contributed by atoms with Gasteiger partial charge in [0.2, 0.25) is 5.91 Å². The Morgan fingerprint density at radius 1 is 0.938 bits per heavy atom. The van der Waals surface area contributed by atoms with Gasteiger partial charge in [-0.05, 0) is 19.3 Å². The van der Waals surface area contributed by atoms with Crippen LogP contribution in [0.15, 0.2) is 0 Å². The molecule has 0 unspecified atom stereocenters. The Labute approximate surface area is 99.6 Å². The van der Waals surface area contributed by atoms with Gasteiger partial charge in [-0.25, -0.2) is 5.11 Å². The third-order valence-electron chi connectivity index (χ3n) is 2.65. The van der Waals surface area contributed by atoms with Gasteiger partial charge in [0.05, 0.1) is 6.61 Å². The summed E-state index contributed by atoms with van der Waals surface area (Å²) in [5.74, 6) is 0.165. The lowest BCUT2D eigenvalue weighted by Crippen LogP contribution is -2.23. The average Bonchev–Trinajstić information content (AvgIpc) is 2.28. The van der Waals surface area contributed by atoms with E-state index < -0.39 is 0 Å². The molecule has 1 N–H and O–H groups in total. The highest BCUT2D eigenvalue weighted by Gasteiger charge is 1.99. The van der Waals surface area contributed by atoms with Crippen LogP contribution in [0.25, 0.3) is 0 Å². The number of amides is 1. The van der Waals surface area contributed by atoms with Gasteiger partial charge in [0.1, 0.15) is 0 Å². The third-order valence-corrected chi connectivity index (χ3v) is 2.65. The van der Waals surface area contributed by atoms with Gasteiger partial charge < -0.3 is 5.32 Å². The molecule has 0 aliphatic rings. The Hall–Kier alpha value is -0.570. The summed E-state index contributed by atoms with van der Waals surface area (Å²) in [6, 6.07) is 0. The van der Waals surface area contributed by atoms with Crippen molar-refractivity contribution < 1.29 is 9.90 Å². The smallest absolute Gasteiger partial charge is 0.219 e. The first-order valence-electron chi connectivity index (χ1n) is 6.66. The molecule has 0 bridgehead atoms. The van der Waals surface area contributed by atoms with E-state index in [4.69, 9.17) is 0 Å². The summed E-state index contributed by atoms with van der Waals surface area (Å²) in [7, 11) is 0. The zero-order valence-corrected chi connectivity index (χ0v) is 10.6. The lowest BCUT2D eigenvalue weighted by Gasteiger charge is -2.04. The lowest BCUT2D eigenvalue weighted by atomic mass is 10.1. The fourth-order valence-electron chi connectivity index (χ4n) is 1.61. The number of unbranched alkanes of at least 4 members (excludes halogenated alkanes) is 6. The SMILES string of the molecule is CCCCCCNC(=O)CCCCCC[O]. The van der Waals surface area contributed by atoms with Crippen LogP contribution in [0.3, 0.4) is 0 Å². The minimum absolute atomic E-state index is 0.0175. The molecule has 0 spiro atoms. The second kappa shape index (κ2) is 12.5. The van der Waals surface area contributed by atoms with Gasteiger partial charge in [-0.3, -0.25) is 4.79 Å². The molecule has 3 heteroatoms. The molecule has 1 radical (unpaired) electrons. The predicted octanol–water partition coefficient (Wildman–Crippen LogP) is 3.06. The van der Waals surface area contributed by atoms with Crippen molar-refractivity contribution in [1.29, 1.82) is 0 Å². The monoisotopic (exact) mass is 228 g/mol. The summed E-state index contributed by atoms with van der Waals surface area (Å²) < 4.78 is 0. The van der Waals surface area contributed by atoms with E-state index in [-0.39, 0.29) is 12.5 Å². The maximum absolute atomic E-state index is 11.3. The van der Waals surface area contributed by atoms with Crippen LogP contribution in [0.4, 0.5) is 0 Å². The summed E-state index contributed by atoms with van der Waals surface area (Å²) in [6.45, 7) is 3.02. The highest BCUT2D eigenvalue weighted by Crippen LogP contribution is 2.02. The number of carbonyl (C=O) groups excluding carboxylic acids is 1. The predicted molar refractivity (Wildman–Crippen MR) is 65.8 cm³/mol. The summed E-state index contributed by atoms with van der Waals surface area (Å²) in [5.41, 5.74) is 0. The second-order valence-corrected chi connectivity index (χ2v) is 4.28. The fourth-order valence-corrected chi connectivity index (χ4v) is 1.61. The first-order valence-corrected chi connectivity index (χ1v) is 6.66. The third kappa shape index (κ3) is 11.5. The molecule has 0 rings (SSSR count). The molecule has 1 amide bonds. The normalized spacial score (nSPS) is 10.4.